The Labute approximate surface area is 161 Å². The third kappa shape index (κ3) is 4.52. The van der Waals surface area contributed by atoms with Gasteiger partial charge in [-0.15, -0.1) is 10.2 Å². The number of imide groups is 1. The van der Waals surface area contributed by atoms with Crippen LogP contribution in [0.4, 0.5) is 4.79 Å². The number of hydrogen-bond donors (Lipinski definition) is 2. The van der Waals surface area contributed by atoms with Crippen molar-refractivity contribution in [2.75, 3.05) is 5.75 Å². The lowest BCUT2D eigenvalue weighted by Crippen LogP contribution is -2.41. The van der Waals surface area contributed by atoms with Gasteiger partial charge in [0, 0.05) is 12.1 Å². The summed E-state index contributed by atoms with van der Waals surface area (Å²) in [4.78, 5) is 23.8. The topological polar surface area (TPSA) is 102 Å². The molecule has 3 amide bonds. The molecular formula is C18H23N5O3S. The Morgan fingerprint density at radius 1 is 1.19 bits per heavy atom. The normalized spacial score (nSPS) is 17.6. The second kappa shape index (κ2) is 8.16. The zero-order chi connectivity index (χ0) is 18.6. The molecule has 2 N–H and O–H groups in total. The van der Waals surface area contributed by atoms with E-state index in [0.29, 0.717) is 22.8 Å². The quantitative estimate of drug-likeness (QED) is 0.736. The van der Waals surface area contributed by atoms with Crippen LogP contribution >= 0.6 is 11.8 Å². The average Bonchev–Trinajstić information content (AvgIpc) is 3.16. The van der Waals surface area contributed by atoms with Gasteiger partial charge >= 0.3 is 6.03 Å². The van der Waals surface area contributed by atoms with Crippen molar-refractivity contribution in [3.05, 3.63) is 18.4 Å². The van der Waals surface area contributed by atoms with Crippen molar-refractivity contribution in [3.63, 3.8) is 0 Å². The molecule has 4 rings (SSSR count). The first-order valence-corrected chi connectivity index (χ1v) is 10.4. The molecule has 2 saturated carbocycles. The van der Waals surface area contributed by atoms with Crippen LogP contribution in [0.1, 0.15) is 51.0 Å². The van der Waals surface area contributed by atoms with Crippen molar-refractivity contribution >= 4 is 23.7 Å². The molecule has 9 heteroatoms. The van der Waals surface area contributed by atoms with Crippen LogP contribution in [0.2, 0.25) is 0 Å². The molecule has 8 nitrogen and oxygen atoms in total. The van der Waals surface area contributed by atoms with Gasteiger partial charge in [-0.25, -0.2) is 4.79 Å². The van der Waals surface area contributed by atoms with Gasteiger partial charge < -0.3 is 9.73 Å². The second-order valence-electron chi connectivity index (χ2n) is 7.03. The van der Waals surface area contributed by atoms with Crippen molar-refractivity contribution in [2.24, 2.45) is 0 Å². The molecule has 2 aliphatic rings. The highest BCUT2D eigenvalue weighted by atomic mass is 32.2. The first kappa shape index (κ1) is 18.1. The number of amides is 3. The predicted octanol–water partition coefficient (Wildman–Crippen LogP) is 3.12. The molecule has 0 spiro atoms. The van der Waals surface area contributed by atoms with E-state index in [9.17, 15) is 9.59 Å². The van der Waals surface area contributed by atoms with E-state index in [2.05, 4.69) is 25.4 Å². The van der Waals surface area contributed by atoms with Crippen LogP contribution in [0.5, 0.6) is 0 Å². The number of carbonyl (C=O) groups is 2. The van der Waals surface area contributed by atoms with Crippen LogP contribution in [0, 0.1) is 0 Å². The summed E-state index contributed by atoms with van der Waals surface area (Å²) in [6.45, 7) is 0. The predicted molar refractivity (Wildman–Crippen MR) is 100 cm³/mol. The van der Waals surface area contributed by atoms with Gasteiger partial charge in [0.25, 0.3) is 0 Å². The molecule has 144 valence electrons. The van der Waals surface area contributed by atoms with Crippen LogP contribution in [0.3, 0.4) is 0 Å². The minimum atomic E-state index is -0.423. The SMILES string of the molecule is O=C(CSc1nnc(-c2ccco2)n1C1CCCCC1)NC(=O)NC1CC1. The average molecular weight is 389 g/mol. The van der Waals surface area contributed by atoms with Gasteiger partial charge in [-0.3, -0.25) is 14.7 Å². The van der Waals surface area contributed by atoms with E-state index in [1.807, 2.05) is 12.1 Å². The van der Waals surface area contributed by atoms with E-state index in [-0.39, 0.29) is 17.7 Å². The summed E-state index contributed by atoms with van der Waals surface area (Å²) in [7, 11) is 0. The first-order valence-electron chi connectivity index (χ1n) is 9.42. The molecule has 27 heavy (non-hydrogen) atoms. The molecule has 2 heterocycles. The van der Waals surface area contributed by atoms with Crippen LogP contribution in [-0.4, -0.2) is 38.5 Å². The Morgan fingerprint density at radius 3 is 2.70 bits per heavy atom. The van der Waals surface area contributed by atoms with Gasteiger partial charge in [0.05, 0.1) is 12.0 Å². The van der Waals surface area contributed by atoms with E-state index in [1.54, 1.807) is 6.26 Å². The fourth-order valence-electron chi connectivity index (χ4n) is 3.36. The number of thioether (sulfide) groups is 1. The fourth-order valence-corrected chi connectivity index (χ4v) is 4.17. The van der Waals surface area contributed by atoms with Crippen LogP contribution in [-0.2, 0) is 4.79 Å². The molecule has 0 atom stereocenters. The summed E-state index contributed by atoms with van der Waals surface area (Å²) >= 11 is 1.30. The van der Waals surface area contributed by atoms with Gasteiger partial charge in [0.15, 0.2) is 10.9 Å². The summed E-state index contributed by atoms with van der Waals surface area (Å²) in [5, 5.41) is 14.4. The Balaban J connectivity index is 1.44. The van der Waals surface area contributed by atoms with Crippen molar-refractivity contribution in [1.29, 1.82) is 0 Å². The number of rotatable bonds is 6. The highest BCUT2D eigenvalue weighted by Gasteiger charge is 2.26. The van der Waals surface area contributed by atoms with Gasteiger partial charge in [0.1, 0.15) is 0 Å². The molecule has 0 aromatic carbocycles. The second-order valence-corrected chi connectivity index (χ2v) is 7.97. The monoisotopic (exact) mass is 389 g/mol. The lowest BCUT2D eigenvalue weighted by molar-refractivity contribution is -0.117. The number of nitrogens with zero attached hydrogens (tertiary/aromatic N) is 3. The number of aromatic nitrogens is 3. The zero-order valence-corrected chi connectivity index (χ0v) is 15.8. The third-order valence-corrected chi connectivity index (χ3v) is 5.79. The molecule has 0 saturated heterocycles. The maximum absolute atomic E-state index is 12.1. The smallest absolute Gasteiger partial charge is 0.321 e. The largest absolute Gasteiger partial charge is 0.461 e. The van der Waals surface area contributed by atoms with Crippen LogP contribution in [0.15, 0.2) is 28.0 Å². The minimum Gasteiger partial charge on any atom is -0.461 e. The van der Waals surface area contributed by atoms with Gasteiger partial charge in [-0.1, -0.05) is 31.0 Å². The number of furan rings is 1. The van der Waals surface area contributed by atoms with Crippen molar-refractivity contribution < 1.29 is 14.0 Å². The minimum absolute atomic E-state index is 0.112. The maximum Gasteiger partial charge on any atom is 0.321 e. The molecule has 2 aromatic rings. The summed E-state index contributed by atoms with van der Waals surface area (Å²) in [5.74, 6) is 1.14. The van der Waals surface area contributed by atoms with E-state index in [4.69, 9.17) is 4.42 Å². The fraction of sp³-hybridized carbons (Fsp3) is 0.556. The number of nitrogens with one attached hydrogen (secondary N) is 2. The maximum atomic E-state index is 12.1. The highest BCUT2D eigenvalue weighted by molar-refractivity contribution is 7.99. The Morgan fingerprint density at radius 2 is 2.00 bits per heavy atom. The van der Waals surface area contributed by atoms with E-state index < -0.39 is 6.03 Å². The van der Waals surface area contributed by atoms with Gasteiger partial charge in [-0.2, -0.15) is 0 Å². The van der Waals surface area contributed by atoms with E-state index in [1.165, 1.54) is 31.0 Å². The summed E-state index contributed by atoms with van der Waals surface area (Å²) in [5.41, 5.74) is 0. The lowest BCUT2D eigenvalue weighted by Gasteiger charge is -2.25. The Bertz CT molecular complexity index is 794. The first-order chi connectivity index (χ1) is 13.2. The van der Waals surface area contributed by atoms with Crippen molar-refractivity contribution in [2.45, 2.75) is 62.2 Å². The van der Waals surface area contributed by atoms with Crippen molar-refractivity contribution in [1.82, 2.24) is 25.4 Å². The summed E-state index contributed by atoms with van der Waals surface area (Å²) in [6.07, 6.45) is 9.31. The van der Waals surface area contributed by atoms with Crippen LogP contribution < -0.4 is 10.6 Å². The lowest BCUT2D eigenvalue weighted by atomic mass is 9.95. The van der Waals surface area contributed by atoms with Crippen molar-refractivity contribution in [3.8, 4) is 11.6 Å². The molecule has 0 radical (unpaired) electrons. The standard InChI is InChI=1S/C18H23N5O3S/c24-15(20-17(25)19-12-8-9-12)11-27-18-22-21-16(14-7-4-10-26-14)23(18)13-5-2-1-3-6-13/h4,7,10,12-13H,1-3,5-6,8-9,11H2,(H2,19,20,24,25). The third-order valence-electron chi connectivity index (χ3n) is 4.84. The molecule has 0 unspecified atom stereocenters. The molecule has 0 bridgehead atoms. The highest BCUT2D eigenvalue weighted by Crippen LogP contribution is 2.35. The molecule has 2 aromatic heterocycles. The van der Waals surface area contributed by atoms with Crippen LogP contribution in [0.25, 0.3) is 11.6 Å². The Kier molecular flexibility index (Phi) is 5.47. The molecule has 0 aliphatic heterocycles. The molecule has 2 fully saturated rings. The summed E-state index contributed by atoms with van der Waals surface area (Å²) in [6, 6.07) is 3.79. The molecular weight excluding hydrogens is 366 g/mol. The number of carbonyl (C=O) groups excluding carboxylic acids is 2. The summed E-state index contributed by atoms with van der Waals surface area (Å²) < 4.78 is 7.62. The van der Waals surface area contributed by atoms with E-state index in [0.717, 1.165) is 25.7 Å². The molecule has 2 aliphatic carbocycles. The number of hydrogen-bond acceptors (Lipinski definition) is 6. The van der Waals surface area contributed by atoms with Gasteiger partial charge in [-0.05, 0) is 37.8 Å². The van der Waals surface area contributed by atoms with E-state index >= 15 is 0 Å². The zero-order valence-electron chi connectivity index (χ0n) is 15.0. The Hall–Kier alpha value is -2.29. The number of urea groups is 1. The van der Waals surface area contributed by atoms with Gasteiger partial charge in [0.2, 0.25) is 11.7 Å².